The molecule has 2 heterocycles. The zero-order valence-corrected chi connectivity index (χ0v) is 11.2. The first-order chi connectivity index (χ1) is 7.91. The fourth-order valence-corrected chi connectivity index (χ4v) is 4.54. The first-order valence-electron chi connectivity index (χ1n) is 5.43. The van der Waals surface area contributed by atoms with Gasteiger partial charge in [0.15, 0.2) is 0 Å². The van der Waals surface area contributed by atoms with Crippen molar-refractivity contribution in [3.63, 3.8) is 0 Å². The predicted molar refractivity (Wildman–Crippen MR) is 67.3 cm³/mol. The van der Waals surface area contributed by atoms with Crippen molar-refractivity contribution >= 4 is 27.0 Å². The molecule has 17 heavy (non-hydrogen) atoms. The normalized spacial score (nSPS) is 27.2. The summed E-state index contributed by atoms with van der Waals surface area (Å²) in [5.41, 5.74) is 5.99. The van der Waals surface area contributed by atoms with Crippen molar-refractivity contribution in [1.29, 1.82) is 0 Å². The van der Waals surface area contributed by atoms with E-state index in [4.69, 9.17) is 5.73 Å². The number of hydrogen-bond donors (Lipinski definition) is 2. The minimum atomic E-state index is -3.49. The van der Waals surface area contributed by atoms with Crippen LogP contribution in [0.2, 0.25) is 0 Å². The standard InChI is InChI=1S/C10H16N2O3S2/c1-7-2-3-12(5-9(7)13)17(14,15)10-4-8(11)6-16-10/h4,6-7,9,13H,2-3,5,11H2,1H3. The van der Waals surface area contributed by atoms with Gasteiger partial charge in [0.25, 0.3) is 10.0 Å². The average Bonchev–Trinajstić information content (AvgIpc) is 2.69. The molecule has 1 aliphatic rings. The minimum absolute atomic E-state index is 0.148. The molecule has 1 aromatic rings. The van der Waals surface area contributed by atoms with E-state index in [1.54, 1.807) is 5.38 Å². The van der Waals surface area contributed by atoms with Crippen molar-refractivity contribution < 1.29 is 13.5 Å². The fraction of sp³-hybridized carbons (Fsp3) is 0.600. The highest BCUT2D eigenvalue weighted by atomic mass is 32.2. The summed E-state index contributed by atoms with van der Waals surface area (Å²) < 4.78 is 26.0. The number of hydrogen-bond acceptors (Lipinski definition) is 5. The number of piperidine rings is 1. The van der Waals surface area contributed by atoms with Gasteiger partial charge in [0.2, 0.25) is 0 Å². The van der Waals surface area contributed by atoms with E-state index < -0.39 is 16.1 Å². The quantitative estimate of drug-likeness (QED) is 0.834. The molecule has 1 aliphatic heterocycles. The number of aliphatic hydroxyl groups is 1. The molecule has 0 bridgehead atoms. The molecule has 0 aromatic carbocycles. The van der Waals surface area contributed by atoms with E-state index >= 15 is 0 Å². The van der Waals surface area contributed by atoms with Gasteiger partial charge in [-0.1, -0.05) is 6.92 Å². The van der Waals surface area contributed by atoms with Gasteiger partial charge < -0.3 is 10.8 Å². The number of nitrogens with zero attached hydrogens (tertiary/aromatic N) is 1. The Kier molecular flexibility index (Phi) is 3.44. The summed E-state index contributed by atoms with van der Waals surface area (Å²) in [6.45, 7) is 2.55. The molecule has 1 saturated heterocycles. The lowest BCUT2D eigenvalue weighted by Crippen LogP contribution is -2.45. The van der Waals surface area contributed by atoms with E-state index in [-0.39, 0.29) is 16.7 Å². The van der Waals surface area contributed by atoms with Crippen LogP contribution in [0.3, 0.4) is 0 Å². The molecule has 0 aliphatic carbocycles. The number of nitrogen functional groups attached to an aromatic ring is 1. The Bertz CT molecular complexity index is 497. The molecule has 1 aromatic heterocycles. The van der Waals surface area contributed by atoms with Crippen LogP contribution in [0.4, 0.5) is 5.69 Å². The van der Waals surface area contributed by atoms with Gasteiger partial charge in [-0.3, -0.25) is 0 Å². The summed E-state index contributed by atoms with van der Waals surface area (Å²) >= 11 is 1.12. The molecule has 7 heteroatoms. The van der Waals surface area contributed by atoms with E-state index in [1.807, 2.05) is 6.92 Å². The Hall–Kier alpha value is -0.630. The third-order valence-corrected chi connectivity index (χ3v) is 6.37. The maximum atomic E-state index is 12.2. The molecule has 2 unspecified atom stereocenters. The van der Waals surface area contributed by atoms with E-state index in [2.05, 4.69) is 0 Å². The molecule has 0 saturated carbocycles. The number of aliphatic hydroxyl groups excluding tert-OH is 1. The van der Waals surface area contributed by atoms with Crippen molar-refractivity contribution in [1.82, 2.24) is 4.31 Å². The van der Waals surface area contributed by atoms with Gasteiger partial charge in [-0.05, 0) is 18.4 Å². The van der Waals surface area contributed by atoms with Crippen LogP contribution < -0.4 is 5.73 Å². The van der Waals surface area contributed by atoms with Crippen LogP contribution in [-0.4, -0.2) is 37.0 Å². The summed E-state index contributed by atoms with van der Waals surface area (Å²) in [4.78, 5) is 0. The molecule has 1 fully saturated rings. The Labute approximate surface area is 105 Å². The third-order valence-electron chi connectivity index (χ3n) is 3.07. The van der Waals surface area contributed by atoms with Gasteiger partial charge in [-0.2, -0.15) is 4.31 Å². The van der Waals surface area contributed by atoms with Gasteiger partial charge in [0, 0.05) is 24.2 Å². The Morgan fingerprint density at radius 3 is 2.82 bits per heavy atom. The van der Waals surface area contributed by atoms with Crippen molar-refractivity contribution in [2.75, 3.05) is 18.8 Å². The lowest BCUT2D eigenvalue weighted by atomic mass is 9.98. The van der Waals surface area contributed by atoms with E-state index in [0.29, 0.717) is 18.7 Å². The van der Waals surface area contributed by atoms with Crippen molar-refractivity contribution in [2.24, 2.45) is 5.92 Å². The van der Waals surface area contributed by atoms with Crippen LogP contribution >= 0.6 is 11.3 Å². The zero-order valence-electron chi connectivity index (χ0n) is 9.54. The molecule has 0 radical (unpaired) electrons. The largest absolute Gasteiger partial charge is 0.398 e. The van der Waals surface area contributed by atoms with Crippen LogP contribution in [0.15, 0.2) is 15.7 Å². The van der Waals surface area contributed by atoms with Gasteiger partial charge in [-0.15, -0.1) is 11.3 Å². The van der Waals surface area contributed by atoms with Crippen LogP contribution in [0.25, 0.3) is 0 Å². The predicted octanol–water partition coefficient (Wildman–Crippen LogP) is 0.722. The molecule has 96 valence electrons. The second-order valence-corrected chi connectivity index (χ2v) is 7.47. The lowest BCUT2D eigenvalue weighted by molar-refractivity contribution is 0.0606. The first-order valence-corrected chi connectivity index (χ1v) is 7.75. The van der Waals surface area contributed by atoms with Gasteiger partial charge in [0.05, 0.1) is 6.10 Å². The van der Waals surface area contributed by atoms with E-state index in [0.717, 1.165) is 11.3 Å². The number of anilines is 1. The molecule has 0 amide bonds. The molecule has 2 rings (SSSR count). The van der Waals surface area contributed by atoms with Crippen molar-refractivity contribution in [2.45, 2.75) is 23.7 Å². The molecule has 2 atom stereocenters. The number of thiophene rings is 1. The number of β-amino-alcohol motifs (C(OH)–C–C–N with tert-alkyl or cyclic N) is 1. The van der Waals surface area contributed by atoms with Crippen LogP contribution in [0.1, 0.15) is 13.3 Å². The van der Waals surface area contributed by atoms with Gasteiger partial charge >= 0.3 is 0 Å². The monoisotopic (exact) mass is 276 g/mol. The highest BCUT2D eigenvalue weighted by Crippen LogP contribution is 2.28. The lowest BCUT2D eigenvalue weighted by Gasteiger charge is -2.32. The molecule has 3 N–H and O–H groups in total. The second-order valence-electron chi connectivity index (χ2n) is 4.40. The maximum absolute atomic E-state index is 12.2. The molecule has 5 nitrogen and oxygen atoms in total. The minimum Gasteiger partial charge on any atom is -0.398 e. The van der Waals surface area contributed by atoms with Crippen LogP contribution in [0.5, 0.6) is 0 Å². The Morgan fingerprint density at radius 1 is 1.59 bits per heavy atom. The summed E-state index contributed by atoms with van der Waals surface area (Å²) in [5.74, 6) is 0.148. The topological polar surface area (TPSA) is 83.6 Å². The Balaban J connectivity index is 2.22. The zero-order chi connectivity index (χ0) is 12.6. The van der Waals surface area contributed by atoms with Crippen molar-refractivity contribution in [3.8, 4) is 0 Å². The first kappa shape index (κ1) is 12.8. The highest BCUT2D eigenvalue weighted by molar-refractivity contribution is 7.91. The fourth-order valence-electron chi connectivity index (χ4n) is 1.83. The Morgan fingerprint density at radius 2 is 2.29 bits per heavy atom. The summed E-state index contributed by atoms with van der Waals surface area (Å²) in [5, 5.41) is 11.3. The third kappa shape index (κ3) is 2.47. The van der Waals surface area contributed by atoms with Crippen LogP contribution in [0, 0.1) is 5.92 Å². The van der Waals surface area contributed by atoms with E-state index in [1.165, 1.54) is 10.4 Å². The highest BCUT2D eigenvalue weighted by Gasteiger charge is 2.33. The molecular formula is C10H16N2O3S2. The molecular weight excluding hydrogens is 260 g/mol. The van der Waals surface area contributed by atoms with E-state index in [9.17, 15) is 13.5 Å². The number of nitrogens with two attached hydrogens (primary N) is 1. The molecule has 0 spiro atoms. The maximum Gasteiger partial charge on any atom is 0.252 e. The van der Waals surface area contributed by atoms with Gasteiger partial charge in [-0.25, -0.2) is 8.42 Å². The summed E-state index contributed by atoms with van der Waals surface area (Å²) in [7, 11) is -3.49. The summed E-state index contributed by atoms with van der Waals surface area (Å²) in [6, 6.07) is 1.46. The summed E-state index contributed by atoms with van der Waals surface area (Å²) in [6.07, 6.45) is 0.0946. The number of rotatable bonds is 2. The second kappa shape index (κ2) is 4.56. The SMILES string of the molecule is CC1CCN(S(=O)(=O)c2cc(N)cs2)CC1O. The average molecular weight is 276 g/mol. The van der Waals surface area contributed by atoms with Crippen LogP contribution in [-0.2, 0) is 10.0 Å². The smallest absolute Gasteiger partial charge is 0.252 e. The number of sulfonamides is 1. The van der Waals surface area contributed by atoms with Gasteiger partial charge in [0.1, 0.15) is 4.21 Å². The van der Waals surface area contributed by atoms with Crippen molar-refractivity contribution in [3.05, 3.63) is 11.4 Å².